The van der Waals surface area contributed by atoms with Gasteiger partial charge in [0.15, 0.2) is 0 Å². The molecule has 1 heterocycles. The third-order valence-electron chi connectivity index (χ3n) is 3.46. The van der Waals surface area contributed by atoms with Crippen molar-refractivity contribution in [1.29, 1.82) is 0 Å². The van der Waals surface area contributed by atoms with Gasteiger partial charge in [-0.1, -0.05) is 11.6 Å². The normalized spacial score (nSPS) is 19.5. The Morgan fingerprint density at radius 3 is 2.90 bits per heavy atom. The van der Waals surface area contributed by atoms with E-state index in [0.29, 0.717) is 22.7 Å². The molecule has 1 atom stereocenters. The Hall–Kier alpha value is -0.340. The van der Waals surface area contributed by atoms with Crippen molar-refractivity contribution in [3.63, 3.8) is 0 Å². The van der Waals surface area contributed by atoms with Gasteiger partial charge in [-0.05, 0) is 59.9 Å². The number of methoxy groups -OCH3 is 1. The summed E-state index contributed by atoms with van der Waals surface area (Å²) in [5.74, 6) is 0.750. The highest BCUT2D eigenvalue weighted by Gasteiger charge is 2.22. The molecular weight excluding hydrogens is 380 g/mol. The van der Waals surface area contributed by atoms with Gasteiger partial charge in [0.05, 0.1) is 17.0 Å². The first-order valence-electron chi connectivity index (χ1n) is 6.67. The van der Waals surface area contributed by atoms with Crippen LogP contribution in [0.25, 0.3) is 0 Å². The molecule has 1 aliphatic heterocycles. The zero-order chi connectivity index (χ0) is 15.5. The number of hydrogen-bond donors (Lipinski definition) is 2. The number of halogens is 2. The van der Waals surface area contributed by atoms with Crippen molar-refractivity contribution >= 4 is 37.6 Å². The predicted octanol–water partition coefficient (Wildman–Crippen LogP) is 2.39. The standard InChI is InChI=1S/C13H18BrClN2O3S/c1-20-12-5-10(14)13(6-11(12)15)21(18,19)17-8-9-3-2-4-16-7-9/h5-6,9,16-17H,2-4,7-8H2,1H3/t9-/m1/s1. The molecule has 1 fully saturated rings. The molecule has 0 spiro atoms. The third kappa shape index (κ3) is 4.32. The van der Waals surface area contributed by atoms with Gasteiger partial charge in [-0.3, -0.25) is 0 Å². The number of benzene rings is 1. The molecule has 118 valence electrons. The second kappa shape index (κ2) is 7.28. The molecule has 0 bridgehead atoms. The van der Waals surface area contributed by atoms with Crippen molar-refractivity contribution in [2.24, 2.45) is 5.92 Å². The topological polar surface area (TPSA) is 67.4 Å². The molecular formula is C13H18BrClN2O3S. The van der Waals surface area contributed by atoms with E-state index in [9.17, 15) is 8.42 Å². The Bertz CT molecular complexity index is 604. The maximum Gasteiger partial charge on any atom is 0.241 e. The highest BCUT2D eigenvalue weighted by atomic mass is 79.9. The molecule has 0 saturated carbocycles. The molecule has 0 radical (unpaired) electrons. The van der Waals surface area contributed by atoms with Gasteiger partial charge in [-0.25, -0.2) is 13.1 Å². The summed E-state index contributed by atoms with van der Waals surface area (Å²) in [7, 11) is -2.12. The van der Waals surface area contributed by atoms with Crippen molar-refractivity contribution in [3.8, 4) is 5.75 Å². The Labute approximate surface area is 138 Å². The molecule has 1 aliphatic rings. The Morgan fingerprint density at radius 1 is 1.52 bits per heavy atom. The van der Waals surface area contributed by atoms with Crippen LogP contribution >= 0.6 is 27.5 Å². The number of rotatable bonds is 5. The Kier molecular flexibility index (Phi) is 5.90. The Balaban J connectivity index is 2.13. The number of ether oxygens (including phenoxy) is 1. The minimum absolute atomic E-state index is 0.122. The zero-order valence-corrected chi connectivity index (χ0v) is 14.8. The lowest BCUT2D eigenvalue weighted by Crippen LogP contribution is -2.38. The molecule has 0 aromatic heterocycles. The molecule has 0 aliphatic carbocycles. The van der Waals surface area contributed by atoms with Crippen LogP contribution in [-0.4, -0.2) is 35.2 Å². The van der Waals surface area contributed by atoms with Crippen molar-refractivity contribution in [1.82, 2.24) is 10.0 Å². The van der Waals surface area contributed by atoms with Crippen molar-refractivity contribution in [3.05, 3.63) is 21.6 Å². The SMILES string of the molecule is COc1cc(Br)c(S(=O)(=O)NC[C@@H]2CCCNC2)cc1Cl. The van der Waals surface area contributed by atoms with E-state index >= 15 is 0 Å². The van der Waals surface area contributed by atoms with E-state index in [4.69, 9.17) is 16.3 Å². The maximum atomic E-state index is 12.4. The third-order valence-corrected chi connectivity index (χ3v) is 6.13. The van der Waals surface area contributed by atoms with Gasteiger partial charge in [0.25, 0.3) is 0 Å². The summed E-state index contributed by atoms with van der Waals surface area (Å²) in [5.41, 5.74) is 0. The average molecular weight is 398 g/mol. The summed E-state index contributed by atoms with van der Waals surface area (Å²) < 4.78 is 32.9. The average Bonchev–Trinajstić information content (AvgIpc) is 2.48. The summed E-state index contributed by atoms with van der Waals surface area (Å²) in [6.45, 7) is 2.27. The summed E-state index contributed by atoms with van der Waals surface area (Å²) >= 11 is 9.26. The highest BCUT2D eigenvalue weighted by molar-refractivity contribution is 9.10. The van der Waals surface area contributed by atoms with Gasteiger partial charge < -0.3 is 10.1 Å². The van der Waals surface area contributed by atoms with E-state index in [0.717, 1.165) is 25.9 Å². The smallest absolute Gasteiger partial charge is 0.241 e. The molecule has 2 rings (SSSR count). The molecule has 21 heavy (non-hydrogen) atoms. The maximum absolute atomic E-state index is 12.4. The van der Waals surface area contributed by atoms with Crippen molar-refractivity contribution in [2.75, 3.05) is 26.7 Å². The van der Waals surface area contributed by atoms with Crippen LogP contribution in [-0.2, 0) is 10.0 Å². The summed E-state index contributed by atoms with van der Waals surface area (Å²) in [6.07, 6.45) is 2.10. The van der Waals surface area contributed by atoms with Gasteiger partial charge in [-0.15, -0.1) is 0 Å². The van der Waals surface area contributed by atoms with E-state index in [1.165, 1.54) is 13.2 Å². The monoisotopic (exact) mass is 396 g/mol. The first kappa shape index (κ1) is 17.0. The molecule has 1 saturated heterocycles. The van der Waals surface area contributed by atoms with Crippen LogP contribution in [0.3, 0.4) is 0 Å². The second-order valence-corrected chi connectivity index (χ2v) is 7.98. The van der Waals surface area contributed by atoms with E-state index in [1.54, 1.807) is 6.07 Å². The molecule has 1 aromatic carbocycles. The van der Waals surface area contributed by atoms with Crippen LogP contribution in [0.5, 0.6) is 5.75 Å². The van der Waals surface area contributed by atoms with Crippen LogP contribution < -0.4 is 14.8 Å². The van der Waals surface area contributed by atoms with Gasteiger partial charge in [-0.2, -0.15) is 0 Å². The second-order valence-electron chi connectivity index (χ2n) is 4.98. The molecule has 0 unspecified atom stereocenters. The molecule has 8 heteroatoms. The fraction of sp³-hybridized carbons (Fsp3) is 0.538. The van der Waals surface area contributed by atoms with Gasteiger partial charge in [0.1, 0.15) is 5.75 Å². The van der Waals surface area contributed by atoms with Crippen LogP contribution in [0.15, 0.2) is 21.5 Å². The van der Waals surface area contributed by atoms with E-state index in [1.807, 2.05) is 0 Å². The summed E-state index contributed by atoms with van der Waals surface area (Å²) in [5, 5.41) is 3.53. The highest BCUT2D eigenvalue weighted by Crippen LogP contribution is 2.33. The molecule has 5 nitrogen and oxygen atoms in total. The van der Waals surface area contributed by atoms with Gasteiger partial charge in [0, 0.05) is 11.0 Å². The van der Waals surface area contributed by atoms with Crippen LogP contribution in [0.2, 0.25) is 5.02 Å². The van der Waals surface area contributed by atoms with Crippen LogP contribution in [0.4, 0.5) is 0 Å². The zero-order valence-electron chi connectivity index (χ0n) is 11.7. The van der Waals surface area contributed by atoms with E-state index in [-0.39, 0.29) is 9.92 Å². The lowest BCUT2D eigenvalue weighted by atomic mass is 10.0. The first-order chi connectivity index (χ1) is 9.94. The van der Waals surface area contributed by atoms with Crippen LogP contribution in [0, 0.1) is 5.92 Å². The summed E-state index contributed by atoms with van der Waals surface area (Å²) in [6, 6.07) is 2.95. The first-order valence-corrected chi connectivity index (χ1v) is 9.33. The minimum Gasteiger partial charge on any atom is -0.495 e. The quantitative estimate of drug-likeness (QED) is 0.800. The van der Waals surface area contributed by atoms with Gasteiger partial charge in [0.2, 0.25) is 10.0 Å². The lowest BCUT2D eigenvalue weighted by molar-refractivity contribution is 0.376. The number of piperidine rings is 1. The predicted molar refractivity (Wildman–Crippen MR) is 86.5 cm³/mol. The fourth-order valence-electron chi connectivity index (χ4n) is 2.28. The van der Waals surface area contributed by atoms with Gasteiger partial charge >= 0.3 is 0 Å². The minimum atomic E-state index is -3.60. The van der Waals surface area contributed by atoms with E-state index in [2.05, 4.69) is 26.0 Å². The molecule has 0 amide bonds. The largest absolute Gasteiger partial charge is 0.495 e. The van der Waals surface area contributed by atoms with Crippen LogP contribution in [0.1, 0.15) is 12.8 Å². The fourth-order valence-corrected chi connectivity index (χ4v) is 4.74. The van der Waals surface area contributed by atoms with E-state index < -0.39 is 10.0 Å². The van der Waals surface area contributed by atoms with Crippen molar-refractivity contribution < 1.29 is 13.2 Å². The number of nitrogens with one attached hydrogen (secondary N) is 2. The molecule has 1 aromatic rings. The Morgan fingerprint density at radius 2 is 2.29 bits per heavy atom. The number of hydrogen-bond acceptors (Lipinski definition) is 4. The molecule has 2 N–H and O–H groups in total. The lowest BCUT2D eigenvalue weighted by Gasteiger charge is -2.23. The number of sulfonamides is 1. The van der Waals surface area contributed by atoms with Crippen molar-refractivity contribution in [2.45, 2.75) is 17.7 Å². The summed E-state index contributed by atoms with van der Waals surface area (Å²) in [4.78, 5) is 0.122.